The fraction of sp³-hybridized carbons (Fsp3) is 0.500. The molecule has 126 valence electrons. The van der Waals surface area contributed by atoms with Crippen LogP contribution in [0.15, 0.2) is 17.0 Å². The molecule has 0 saturated carbocycles. The summed E-state index contributed by atoms with van der Waals surface area (Å²) in [6.45, 7) is 3.32. The first kappa shape index (κ1) is 17.4. The predicted octanol–water partition coefficient (Wildman–Crippen LogP) is 1.70. The number of aryl methyl sites for hydroxylation is 2. The van der Waals surface area contributed by atoms with Gasteiger partial charge in [-0.25, -0.2) is 8.42 Å². The molecule has 1 aliphatic heterocycles. The van der Waals surface area contributed by atoms with Crippen LogP contribution >= 0.6 is 0 Å². The molecule has 0 spiro atoms. The molecule has 1 heterocycles. The van der Waals surface area contributed by atoms with Crippen LogP contribution < -0.4 is 0 Å². The molecule has 1 aliphatic rings. The Morgan fingerprint density at radius 3 is 2.13 bits per heavy atom. The summed E-state index contributed by atoms with van der Waals surface area (Å²) in [4.78, 5) is 21.3. The fourth-order valence-corrected chi connectivity index (χ4v) is 4.79. The highest BCUT2D eigenvalue weighted by atomic mass is 32.2. The van der Waals surface area contributed by atoms with Gasteiger partial charge in [-0.2, -0.15) is 4.31 Å². The Kier molecular flexibility index (Phi) is 4.71. The number of nitro benzene ring substituents is 1. The highest BCUT2D eigenvalue weighted by Crippen LogP contribution is 2.30. The van der Waals surface area contributed by atoms with E-state index in [0.717, 1.165) is 0 Å². The lowest BCUT2D eigenvalue weighted by Gasteiger charge is -2.30. The third-order valence-electron chi connectivity index (χ3n) is 4.06. The number of nitrogens with zero attached hydrogens (tertiary/aromatic N) is 2. The predicted molar refractivity (Wildman–Crippen MR) is 81.7 cm³/mol. The van der Waals surface area contributed by atoms with Crippen LogP contribution in [0.1, 0.15) is 24.0 Å². The largest absolute Gasteiger partial charge is 0.481 e. The zero-order chi connectivity index (χ0) is 17.4. The number of rotatable bonds is 4. The molecule has 9 heteroatoms. The lowest BCUT2D eigenvalue weighted by atomic mass is 9.99. The van der Waals surface area contributed by atoms with Crippen LogP contribution in [0.2, 0.25) is 0 Å². The van der Waals surface area contributed by atoms with Crippen LogP contribution in [0, 0.1) is 29.9 Å². The van der Waals surface area contributed by atoms with E-state index in [1.165, 1.54) is 30.3 Å². The summed E-state index contributed by atoms with van der Waals surface area (Å²) in [6.07, 6.45) is 0.527. The second-order valence-corrected chi connectivity index (χ2v) is 7.56. The summed E-state index contributed by atoms with van der Waals surface area (Å²) in [5.74, 6) is -1.44. The number of piperidine rings is 1. The zero-order valence-corrected chi connectivity index (χ0v) is 13.7. The summed E-state index contributed by atoms with van der Waals surface area (Å²) in [7, 11) is -3.80. The third kappa shape index (κ3) is 3.35. The molecule has 0 aliphatic carbocycles. The van der Waals surface area contributed by atoms with Crippen molar-refractivity contribution < 1.29 is 23.2 Å². The van der Waals surface area contributed by atoms with E-state index in [1.54, 1.807) is 0 Å². The number of carbonyl (C=O) groups is 1. The summed E-state index contributed by atoms with van der Waals surface area (Å²) in [5.41, 5.74) is 0.484. The van der Waals surface area contributed by atoms with E-state index in [2.05, 4.69) is 0 Å². The molecule has 0 bridgehead atoms. The van der Waals surface area contributed by atoms with Gasteiger partial charge in [0.2, 0.25) is 10.0 Å². The van der Waals surface area contributed by atoms with Gasteiger partial charge in [-0.3, -0.25) is 14.9 Å². The van der Waals surface area contributed by atoms with Gasteiger partial charge in [-0.1, -0.05) is 0 Å². The normalized spacial score (nSPS) is 17.1. The van der Waals surface area contributed by atoms with Crippen LogP contribution in [0.25, 0.3) is 0 Å². The number of sulfonamides is 1. The minimum absolute atomic E-state index is 0.0666. The molecular formula is C14H18N2O6S. The Balaban J connectivity index is 2.34. The number of non-ortho nitro benzene ring substituents is 1. The Bertz CT molecular complexity index is 728. The number of carboxylic acid groups (broad SMARTS) is 1. The highest BCUT2D eigenvalue weighted by molar-refractivity contribution is 7.89. The maximum absolute atomic E-state index is 12.8. The zero-order valence-electron chi connectivity index (χ0n) is 12.9. The molecule has 1 aromatic rings. The molecule has 0 amide bonds. The van der Waals surface area contributed by atoms with E-state index in [1.807, 2.05) is 0 Å². The summed E-state index contributed by atoms with van der Waals surface area (Å²) in [5, 5.41) is 19.8. The molecular weight excluding hydrogens is 324 g/mol. The lowest BCUT2D eigenvalue weighted by Crippen LogP contribution is -2.40. The van der Waals surface area contributed by atoms with Crippen molar-refractivity contribution in [3.63, 3.8) is 0 Å². The second kappa shape index (κ2) is 6.25. The Morgan fingerprint density at radius 2 is 1.74 bits per heavy atom. The van der Waals surface area contributed by atoms with Crippen LogP contribution in [0.4, 0.5) is 5.69 Å². The topological polar surface area (TPSA) is 118 Å². The standard InChI is InChI=1S/C14H18N2O6S/c1-9-7-12(16(19)20)8-10(2)13(9)23(21,22)15-5-3-11(4-6-15)14(17)18/h7-8,11H,3-6H2,1-2H3,(H,17,18). The van der Waals surface area contributed by atoms with Crippen molar-refractivity contribution in [2.45, 2.75) is 31.6 Å². The molecule has 1 saturated heterocycles. The number of hydrogen-bond donors (Lipinski definition) is 1. The van der Waals surface area contributed by atoms with E-state index < -0.39 is 26.8 Å². The average Bonchev–Trinajstić information content (AvgIpc) is 2.46. The van der Waals surface area contributed by atoms with Gasteiger partial charge in [-0.05, 0) is 37.8 Å². The minimum atomic E-state index is -3.80. The van der Waals surface area contributed by atoms with Gasteiger partial charge in [0, 0.05) is 25.2 Å². The van der Waals surface area contributed by atoms with Gasteiger partial charge in [0.05, 0.1) is 15.7 Å². The lowest BCUT2D eigenvalue weighted by molar-refractivity contribution is -0.385. The van der Waals surface area contributed by atoms with Crippen molar-refractivity contribution in [3.05, 3.63) is 33.4 Å². The maximum atomic E-state index is 12.8. The van der Waals surface area contributed by atoms with E-state index in [4.69, 9.17) is 5.11 Å². The van der Waals surface area contributed by atoms with Crippen LogP contribution in [-0.4, -0.2) is 41.8 Å². The molecule has 1 aromatic carbocycles. The molecule has 1 N–H and O–H groups in total. The summed E-state index contributed by atoms with van der Waals surface area (Å²) in [6, 6.07) is 2.48. The number of carboxylic acids is 1. The van der Waals surface area contributed by atoms with E-state index in [9.17, 15) is 23.3 Å². The van der Waals surface area contributed by atoms with Crippen molar-refractivity contribution in [2.24, 2.45) is 5.92 Å². The van der Waals surface area contributed by atoms with Gasteiger partial charge >= 0.3 is 5.97 Å². The number of hydrogen-bond acceptors (Lipinski definition) is 5. The molecule has 23 heavy (non-hydrogen) atoms. The quantitative estimate of drug-likeness (QED) is 0.657. The number of aliphatic carboxylic acids is 1. The van der Waals surface area contributed by atoms with Gasteiger partial charge in [0.15, 0.2) is 0 Å². The summed E-state index contributed by atoms with van der Waals surface area (Å²) < 4.78 is 26.8. The van der Waals surface area contributed by atoms with E-state index in [-0.39, 0.29) is 36.5 Å². The van der Waals surface area contributed by atoms with Crippen LogP contribution in [0.5, 0.6) is 0 Å². The molecule has 0 unspecified atom stereocenters. The SMILES string of the molecule is Cc1cc([N+](=O)[O-])cc(C)c1S(=O)(=O)N1CCC(C(=O)O)CC1. The fourth-order valence-electron chi connectivity index (χ4n) is 2.91. The number of nitro groups is 1. The Hall–Kier alpha value is -2.00. The van der Waals surface area contributed by atoms with Gasteiger partial charge in [0.1, 0.15) is 0 Å². The van der Waals surface area contributed by atoms with Crippen molar-refractivity contribution in [1.29, 1.82) is 0 Å². The smallest absolute Gasteiger partial charge is 0.306 e. The van der Waals surface area contributed by atoms with Gasteiger partial charge in [0.25, 0.3) is 5.69 Å². The molecule has 0 aromatic heterocycles. The first-order valence-corrected chi connectivity index (χ1v) is 8.57. The van der Waals surface area contributed by atoms with E-state index in [0.29, 0.717) is 11.1 Å². The van der Waals surface area contributed by atoms with Crippen molar-refractivity contribution in [1.82, 2.24) is 4.31 Å². The van der Waals surface area contributed by atoms with Crippen molar-refractivity contribution in [2.75, 3.05) is 13.1 Å². The molecule has 1 fully saturated rings. The molecule has 2 rings (SSSR count). The minimum Gasteiger partial charge on any atom is -0.481 e. The molecule has 8 nitrogen and oxygen atoms in total. The van der Waals surface area contributed by atoms with E-state index >= 15 is 0 Å². The maximum Gasteiger partial charge on any atom is 0.306 e. The first-order chi connectivity index (χ1) is 10.6. The van der Waals surface area contributed by atoms with Crippen molar-refractivity contribution >= 4 is 21.7 Å². The number of benzene rings is 1. The van der Waals surface area contributed by atoms with Crippen LogP contribution in [-0.2, 0) is 14.8 Å². The monoisotopic (exact) mass is 342 g/mol. The average molecular weight is 342 g/mol. The first-order valence-electron chi connectivity index (χ1n) is 7.13. The van der Waals surface area contributed by atoms with Crippen molar-refractivity contribution in [3.8, 4) is 0 Å². The summed E-state index contributed by atoms with van der Waals surface area (Å²) >= 11 is 0. The Morgan fingerprint density at radius 1 is 1.26 bits per heavy atom. The second-order valence-electron chi connectivity index (χ2n) is 5.68. The molecule has 0 atom stereocenters. The van der Waals surface area contributed by atoms with Gasteiger partial charge < -0.3 is 5.11 Å². The van der Waals surface area contributed by atoms with Crippen LogP contribution in [0.3, 0.4) is 0 Å². The van der Waals surface area contributed by atoms with Gasteiger partial charge in [-0.15, -0.1) is 0 Å². The molecule has 0 radical (unpaired) electrons. The third-order valence-corrected chi connectivity index (χ3v) is 6.26. The highest BCUT2D eigenvalue weighted by Gasteiger charge is 2.34. The Labute approximate surface area is 133 Å².